The van der Waals surface area contributed by atoms with Crippen molar-refractivity contribution in [1.29, 1.82) is 0 Å². The fourth-order valence-electron chi connectivity index (χ4n) is 1.79. The summed E-state index contributed by atoms with van der Waals surface area (Å²) >= 11 is 6.06. The number of hydrogen-bond donors (Lipinski definition) is 1. The van der Waals surface area contributed by atoms with Crippen molar-refractivity contribution in [2.75, 3.05) is 7.05 Å². The Balaban J connectivity index is 2.48. The second-order valence-corrected chi connectivity index (χ2v) is 4.46. The Bertz CT molecular complexity index is 506. The highest BCUT2D eigenvalue weighted by Gasteiger charge is 2.05. The van der Waals surface area contributed by atoms with E-state index >= 15 is 0 Å². The van der Waals surface area contributed by atoms with Gasteiger partial charge in [0.2, 0.25) is 0 Å². The molecule has 0 spiro atoms. The number of aromatic nitrogens is 1. The van der Waals surface area contributed by atoms with E-state index in [0.29, 0.717) is 0 Å². The molecule has 1 aromatic heterocycles. The molecule has 0 amide bonds. The summed E-state index contributed by atoms with van der Waals surface area (Å²) in [6, 6.07) is 10.0. The molecule has 0 aliphatic heterocycles. The number of halogens is 1. The maximum Gasteiger partial charge on any atom is 0.0412 e. The minimum Gasteiger partial charge on any atom is -0.316 e. The minimum atomic E-state index is 0.750. The molecule has 0 saturated heterocycles. The van der Waals surface area contributed by atoms with Crippen molar-refractivity contribution in [3.8, 4) is 11.1 Å². The first-order valence-electron chi connectivity index (χ1n) is 5.57. The molecule has 17 heavy (non-hydrogen) atoms. The SMILES string of the molecule is CNCc1ccc(Cl)cc1-c1ccc(C)nc1. The number of nitrogens with one attached hydrogen (secondary N) is 1. The molecular weight excluding hydrogens is 232 g/mol. The molecule has 2 nitrogen and oxygen atoms in total. The largest absolute Gasteiger partial charge is 0.316 e. The standard InChI is InChI=1S/C14H15ClN2/c1-10-3-4-12(9-17-10)14-7-13(15)6-5-11(14)8-16-2/h3-7,9,16H,8H2,1-2H3. The third kappa shape index (κ3) is 2.84. The molecule has 0 saturated carbocycles. The number of rotatable bonds is 3. The van der Waals surface area contributed by atoms with E-state index in [4.69, 9.17) is 11.6 Å². The quantitative estimate of drug-likeness (QED) is 0.898. The topological polar surface area (TPSA) is 24.9 Å². The Hall–Kier alpha value is -1.38. The minimum absolute atomic E-state index is 0.750. The van der Waals surface area contributed by atoms with Gasteiger partial charge in [-0.3, -0.25) is 4.98 Å². The molecule has 1 N–H and O–H groups in total. The average Bonchev–Trinajstić information content (AvgIpc) is 2.33. The van der Waals surface area contributed by atoms with Crippen LogP contribution in [0.25, 0.3) is 11.1 Å². The first-order valence-corrected chi connectivity index (χ1v) is 5.94. The van der Waals surface area contributed by atoms with E-state index in [0.717, 1.165) is 28.4 Å². The summed E-state index contributed by atoms with van der Waals surface area (Å²) in [5, 5.41) is 3.91. The highest BCUT2D eigenvalue weighted by Crippen LogP contribution is 2.26. The molecule has 0 bridgehead atoms. The lowest BCUT2D eigenvalue weighted by Crippen LogP contribution is -2.06. The van der Waals surface area contributed by atoms with Gasteiger partial charge in [-0.05, 0) is 43.3 Å². The summed E-state index contributed by atoms with van der Waals surface area (Å²) in [4.78, 5) is 4.32. The predicted molar refractivity (Wildman–Crippen MR) is 72.2 cm³/mol. The van der Waals surface area contributed by atoms with Crippen LogP contribution in [0.4, 0.5) is 0 Å². The Kier molecular flexibility index (Phi) is 3.77. The molecule has 0 aliphatic rings. The first kappa shape index (κ1) is 12.1. The van der Waals surface area contributed by atoms with Gasteiger partial charge in [-0.2, -0.15) is 0 Å². The number of benzene rings is 1. The predicted octanol–water partition coefficient (Wildman–Crippen LogP) is 3.43. The maximum absolute atomic E-state index is 6.06. The summed E-state index contributed by atoms with van der Waals surface area (Å²) in [6.07, 6.45) is 1.89. The molecule has 0 fully saturated rings. The molecule has 1 heterocycles. The molecule has 1 aromatic carbocycles. The molecule has 2 rings (SSSR count). The lowest BCUT2D eigenvalue weighted by Gasteiger charge is -2.10. The van der Waals surface area contributed by atoms with E-state index in [9.17, 15) is 0 Å². The van der Waals surface area contributed by atoms with Crippen molar-refractivity contribution in [2.45, 2.75) is 13.5 Å². The zero-order chi connectivity index (χ0) is 12.3. The van der Waals surface area contributed by atoms with E-state index in [1.165, 1.54) is 5.56 Å². The van der Waals surface area contributed by atoms with E-state index < -0.39 is 0 Å². The monoisotopic (exact) mass is 246 g/mol. The van der Waals surface area contributed by atoms with Crippen LogP contribution < -0.4 is 5.32 Å². The highest BCUT2D eigenvalue weighted by molar-refractivity contribution is 6.30. The van der Waals surface area contributed by atoms with Crippen molar-refractivity contribution in [1.82, 2.24) is 10.3 Å². The van der Waals surface area contributed by atoms with E-state index in [1.807, 2.05) is 44.4 Å². The van der Waals surface area contributed by atoms with Crippen LogP contribution in [0.1, 0.15) is 11.3 Å². The zero-order valence-electron chi connectivity index (χ0n) is 10.00. The van der Waals surface area contributed by atoms with Crippen molar-refractivity contribution in [3.63, 3.8) is 0 Å². The molecule has 3 heteroatoms. The fraction of sp³-hybridized carbons (Fsp3) is 0.214. The van der Waals surface area contributed by atoms with Gasteiger partial charge in [0.25, 0.3) is 0 Å². The van der Waals surface area contributed by atoms with Crippen LogP contribution in [0.15, 0.2) is 36.5 Å². The second-order valence-electron chi connectivity index (χ2n) is 4.02. The summed E-state index contributed by atoms with van der Waals surface area (Å²) < 4.78 is 0. The lowest BCUT2D eigenvalue weighted by molar-refractivity contribution is 0.819. The van der Waals surface area contributed by atoms with Gasteiger partial charge in [0.15, 0.2) is 0 Å². The van der Waals surface area contributed by atoms with Crippen molar-refractivity contribution in [3.05, 3.63) is 52.8 Å². The number of hydrogen-bond acceptors (Lipinski definition) is 2. The van der Waals surface area contributed by atoms with Crippen LogP contribution in [-0.2, 0) is 6.54 Å². The lowest BCUT2D eigenvalue weighted by atomic mass is 10.0. The van der Waals surface area contributed by atoms with E-state index in [-0.39, 0.29) is 0 Å². The first-order chi connectivity index (χ1) is 8.20. The summed E-state index contributed by atoms with van der Waals surface area (Å²) in [5.41, 5.74) is 4.48. The van der Waals surface area contributed by atoms with Crippen LogP contribution in [0.5, 0.6) is 0 Å². The van der Waals surface area contributed by atoms with Crippen LogP contribution in [-0.4, -0.2) is 12.0 Å². The Morgan fingerprint density at radius 1 is 1.24 bits per heavy atom. The van der Waals surface area contributed by atoms with Crippen LogP contribution >= 0.6 is 11.6 Å². The number of pyridine rings is 1. The van der Waals surface area contributed by atoms with Crippen molar-refractivity contribution >= 4 is 11.6 Å². The van der Waals surface area contributed by atoms with Gasteiger partial charge >= 0.3 is 0 Å². The van der Waals surface area contributed by atoms with Gasteiger partial charge in [-0.25, -0.2) is 0 Å². The summed E-state index contributed by atoms with van der Waals surface area (Å²) in [7, 11) is 1.94. The van der Waals surface area contributed by atoms with Gasteiger partial charge in [0.1, 0.15) is 0 Å². The smallest absolute Gasteiger partial charge is 0.0412 e. The fourth-order valence-corrected chi connectivity index (χ4v) is 1.96. The van der Waals surface area contributed by atoms with Crippen LogP contribution in [0.2, 0.25) is 5.02 Å². The van der Waals surface area contributed by atoms with E-state index in [2.05, 4.69) is 16.4 Å². The highest BCUT2D eigenvalue weighted by atomic mass is 35.5. The Labute approximate surface area is 107 Å². The van der Waals surface area contributed by atoms with Crippen molar-refractivity contribution < 1.29 is 0 Å². The molecule has 88 valence electrons. The Morgan fingerprint density at radius 3 is 2.71 bits per heavy atom. The maximum atomic E-state index is 6.06. The molecular formula is C14H15ClN2. The summed E-state index contributed by atoms with van der Waals surface area (Å²) in [5.74, 6) is 0. The third-order valence-corrected chi connectivity index (χ3v) is 2.90. The van der Waals surface area contributed by atoms with Crippen molar-refractivity contribution in [2.24, 2.45) is 0 Å². The van der Waals surface area contributed by atoms with E-state index in [1.54, 1.807) is 0 Å². The van der Waals surface area contributed by atoms with Crippen LogP contribution in [0.3, 0.4) is 0 Å². The van der Waals surface area contributed by atoms with Gasteiger partial charge in [-0.1, -0.05) is 23.7 Å². The average molecular weight is 247 g/mol. The van der Waals surface area contributed by atoms with Gasteiger partial charge in [0, 0.05) is 29.0 Å². The third-order valence-electron chi connectivity index (χ3n) is 2.66. The normalized spacial score (nSPS) is 10.5. The summed E-state index contributed by atoms with van der Waals surface area (Å²) in [6.45, 7) is 2.80. The van der Waals surface area contributed by atoms with Gasteiger partial charge in [-0.15, -0.1) is 0 Å². The second kappa shape index (κ2) is 5.30. The number of aryl methyl sites for hydroxylation is 1. The Morgan fingerprint density at radius 2 is 2.06 bits per heavy atom. The zero-order valence-corrected chi connectivity index (χ0v) is 10.8. The molecule has 0 aliphatic carbocycles. The molecule has 2 aromatic rings. The molecule has 0 radical (unpaired) electrons. The number of nitrogens with zero attached hydrogens (tertiary/aromatic N) is 1. The van der Waals surface area contributed by atoms with Crippen LogP contribution in [0, 0.1) is 6.92 Å². The van der Waals surface area contributed by atoms with Gasteiger partial charge < -0.3 is 5.32 Å². The molecule has 0 atom stereocenters. The van der Waals surface area contributed by atoms with Gasteiger partial charge in [0.05, 0.1) is 0 Å². The molecule has 0 unspecified atom stereocenters.